The SMILES string of the molecule is S=C1SNC[n+]2ccccc21. The van der Waals surface area contributed by atoms with Crippen molar-refractivity contribution < 1.29 is 4.57 Å². The van der Waals surface area contributed by atoms with E-state index in [9.17, 15) is 0 Å². The van der Waals surface area contributed by atoms with Gasteiger partial charge >= 0.3 is 0 Å². The molecule has 0 spiro atoms. The average Bonchev–Trinajstić information content (AvgIpc) is 2.06. The average molecular weight is 183 g/mol. The van der Waals surface area contributed by atoms with Crippen LogP contribution in [-0.4, -0.2) is 4.20 Å². The van der Waals surface area contributed by atoms with E-state index in [1.807, 2.05) is 24.4 Å². The fourth-order valence-electron chi connectivity index (χ4n) is 1.02. The fraction of sp³-hybridized carbons (Fsp3) is 0.143. The molecule has 1 N–H and O–H groups in total. The molecule has 4 heteroatoms. The summed E-state index contributed by atoms with van der Waals surface area (Å²) in [5.41, 5.74) is 1.13. The van der Waals surface area contributed by atoms with E-state index in [-0.39, 0.29) is 0 Å². The zero-order valence-electron chi connectivity index (χ0n) is 5.78. The van der Waals surface area contributed by atoms with Gasteiger partial charge < -0.3 is 0 Å². The zero-order valence-corrected chi connectivity index (χ0v) is 7.41. The Morgan fingerprint density at radius 1 is 1.55 bits per heavy atom. The molecule has 0 atom stereocenters. The van der Waals surface area contributed by atoms with Gasteiger partial charge in [0.05, 0.1) is 0 Å². The van der Waals surface area contributed by atoms with Crippen LogP contribution in [0.4, 0.5) is 0 Å². The molecule has 11 heavy (non-hydrogen) atoms. The summed E-state index contributed by atoms with van der Waals surface area (Å²) in [6, 6.07) is 6.05. The first-order chi connectivity index (χ1) is 5.38. The number of rotatable bonds is 0. The summed E-state index contributed by atoms with van der Waals surface area (Å²) in [5.74, 6) is 0. The van der Waals surface area contributed by atoms with Crippen LogP contribution in [0.5, 0.6) is 0 Å². The minimum atomic E-state index is 0.834. The highest BCUT2D eigenvalue weighted by molar-refractivity contribution is 8.22. The van der Waals surface area contributed by atoms with Crippen LogP contribution in [0.1, 0.15) is 5.69 Å². The van der Waals surface area contributed by atoms with E-state index < -0.39 is 0 Å². The highest BCUT2D eigenvalue weighted by atomic mass is 32.2. The highest BCUT2D eigenvalue weighted by Crippen LogP contribution is 2.09. The monoisotopic (exact) mass is 183 g/mol. The van der Waals surface area contributed by atoms with Crippen LogP contribution < -0.4 is 9.29 Å². The van der Waals surface area contributed by atoms with Gasteiger partial charge in [0.1, 0.15) is 0 Å². The number of fused-ring (bicyclic) bond motifs is 1. The minimum Gasteiger partial charge on any atom is -0.201 e. The maximum absolute atomic E-state index is 5.14. The number of hydrogen-bond donors (Lipinski definition) is 1. The summed E-state index contributed by atoms with van der Waals surface area (Å²) >= 11 is 6.66. The number of nitrogens with one attached hydrogen (secondary N) is 1. The number of pyridine rings is 1. The predicted molar refractivity (Wildman–Crippen MR) is 49.1 cm³/mol. The lowest BCUT2D eigenvalue weighted by molar-refractivity contribution is -0.700. The van der Waals surface area contributed by atoms with Gasteiger partial charge in [-0.05, 0) is 18.0 Å². The van der Waals surface area contributed by atoms with Crippen LogP contribution >= 0.6 is 24.2 Å². The molecule has 0 aromatic carbocycles. The topological polar surface area (TPSA) is 15.9 Å². The van der Waals surface area contributed by atoms with E-state index >= 15 is 0 Å². The maximum atomic E-state index is 5.14. The number of aromatic nitrogens is 1. The molecule has 2 nitrogen and oxygen atoms in total. The highest BCUT2D eigenvalue weighted by Gasteiger charge is 2.19. The minimum absolute atomic E-state index is 0.834. The maximum Gasteiger partial charge on any atom is 0.232 e. The Bertz CT molecular complexity index is 298. The molecule has 2 heterocycles. The molecule has 0 fully saturated rings. The van der Waals surface area contributed by atoms with E-state index in [1.54, 1.807) is 0 Å². The molecular formula is C7H7N2S2+. The molecule has 56 valence electrons. The smallest absolute Gasteiger partial charge is 0.201 e. The second-order valence-electron chi connectivity index (χ2n) is 2.25. The molecule has 0 bridgehead atoms. The van der Waals surface area contributed by atoms with Crippen LogP contribution in [0.25, 0.3) is 0 Å². The van der Waals surface area contributed by atoms with Gasteiger partial charge in [-0.15, -0.1) is 0 Å². The molecule has 1 aromatic heterocycles. The van der Waals surface area contributed by atoms with Crippen molar-refractivity contribution in [3.8, 4) is 0 Å². The summed E-state index contributed by atoms with van der Waals surface area (Å²) in [6.45, 7) is 0.834. The van der Waals surface area contributed by atoms with E-state index in [4.69, 9.17) is 12.2 Å². The molecule has 1 aromatic rings. The van der Waals surface area contributed by atoms with Crippen LogP contribution in [0.2, 0.25) is 0 Å². The van der Waals surface area contributed by atoms with Gasteiger partial charge in [0, 0.05) is 12.1 Å². The van der Waals surface area contributed by atoms with Gasteiger partial charge in [0.25, 0.3) is 0 Å². The van der Waals surface area contributed by atoms with E-state index in [1.165, 1.54) is 11.9 Å². The Morgan fingerprint density at radius 2 is 2.45 bits per heavy atom. The normalized spacial score (nSPS) is 16.2. The van der Waals surface area contributed by atoms with Gasteiger partial charge in [-0.2, -0.15) is 4.57 Å². The van der Waals surface area contributed by atoms with Crippen molar-refractivity contribution in [2.24, 2.45) is 0 Å². The Hall–Kier alpha value is -0.450. The van der Waals surface area contributed by atoms with E-state index in [0.717, 1.165) is 16.6 Å². The molecule has 0 saturated heterocycles. The van der Waals surface area contributed by atoms with Gasteiger partial charge in [-0.1, -0.05) is 12.2 Å². The summed E-state index contributed by atoms with van der Waals surface area (Å²) in [6.07, 6.45) is 2.02. The van der Waals surface area contributed by atoms with Crippen LogP contribution in [0, 0.1) is 0 Å². The predicted octanol–water partition coefficient (Wildman–Crippen LogP) is 0.859. The summed E-state index contributed by atoms with van der Waals surface area (Å²) < 4.78 is 6.14. The first-order valence-electron chi connectivity index (χ1n) is 3.30. The van der Waals surface area contributed by atoms with Crippen molar-refractivity contribution in [3.05, 3.63) is 30.1 Å². The molecule has 0 saturated carbocycles. The molecule has 0 aliphatic carbocycles. The number of thiocarbonyl (C=S) groups is 1. The first-order valence-corrected chi connectivity index (χ1v) is 4.53. The molecule has 1 aliphatic heterocycles. The van der Waals surface area contributed by atoms with Gasteiger partial charge in [-0.25, -0.2) is 4.72 Å². The fourth-order valence-corrected chi connectivity index (χ4v) is 2.01. The van der Waals surface area contributed by atoms with Crippen LogP contribution in [0.15, 0.2) is 24.4 Å². The van der Waals surface area contributed by atoms with E-state index in [2.05, 4.69) is 9.29 Å². The van der Waals surface area contributed by atoms with Crippen molar-refractivity contribution >= 4 is 28.4 Å². The largest absolute Gasteiger partial charge is 0.232 e. The second kappa shape index (κ2) is 2.89. The zero-order chi connectivity index (χ0) is 7.68. The summed E-state index contributed by atoms with van der Waals surface area (Å²) in [7, 11) is 0. The van der Waals surface area contributed by atoms with Crippen LogP contribution in [0.3, 0.4) is 0 Å². The van der Waals surface area contributed by atoms with Crippen molar-refractivity contribution in [3.63, 3.8) is 0 Å². The second-order valence-corrected chi connectivity index (χ2v) is 3.82. The summed E-state index contributed by atoms with van der Waals surface area (Å²) in [4.78, 5) is 0. The molecular weight excluding hydrogens is 176 g/mol. The van der Waals surface area contributed by atoms with Crippen molar-refractivity contribution in [1.82, 2.24) is 4.72 Å². The lowest BCUT2D eigenvalue weighted by Crippen LogP contribution is -2.47. The molecule has 0 unspecified atom stereocenters. The standard InChI is InChI=1S/C7H7N2S2/c10-7-6-3-1-2-4-9(6)5-8-11-7/h1-4,8H,5H2/q+1. The Balaban J connectivity index is 2.52. The molecule has 0 amide bonds. The van der Waals surface area contributed by atoms with Gasteiger partial charge in [0.15, 0.2) is 10.4 Å². The summed E-state index contributed by atoms with van der Waals surface area (Å²) in [5, 5.41) is 0. The van der Waals surface area contributed by atoms with Gasteiger partial charge in [-0.3, -0.25) is 0 Å². The number of hydrogen-bond acceptors (Lipinski definition) is 3. The lowest BCUT2D eigenvalue weighted by atomic mass is 10.4. The first kappa shape index (κ1) is 7.21. The molecule has 0 radical (unpaired) electrons. The third kappa shape index (κ3) is 1.29. The van der Waals surface area contributed by atoms with Gasteiger partial charge in [0.2, 0.25) is 12.4 Å². The number of nitrogens with zero attached hydrogens (tertiary/aromatic N) is 1. The van der Waals surface area contributed by atoms with Crippen molar-refractivity contribution in [1.29, 1.82) is 0 Å². The van der Waals surface area contributed by atoms with E-state index in [0.29, 0.717) is 0 Å². The Labute approximate surface area is 74.8 Å². The quantitative estimate of drug-likeness (QED) is 0.365. The Morgan fingerprint density at radius 3 is 3.27 bits per heavy atom. The van der Waals surface area contributed by atoms with Crippen LogP contribution in [-0.2, 0) is 6.67 Å². The molecule has 1 aliphatic rings. The molecule has 2 rings (SSSR count). The third-order valence-corrected chi connectivity index (χ3v) is 2.68. The lowest BCUT2D eigenvalue weighted by Gasteiger charge is -2.09. The van der Waals surface area contributed by atoms with Crippen molar-refractivity contribution in [2.45, 2.75) is 6.67 Å². The van der Waals surface area contributed by atoms with Crippen molar-refractivity contribution in [2.75, 3.05) is 0 Å². The Kier molecular flexibility index (Phi) is 1.89. The third-order valence-electron chi connectivity index (χ3n) is 1.55.